The van der Waals surface area contributed by atoms with E-state index >= 15 is 0 Å². The molecule has 1 aromatic rings. The van der Waals surface area contributed by atoms with Crippen LogP contribution >= 0.6 is 116 Å². The van der Waals surface area contributed by atoms with E-state index in [1.807, 2.05) is 0 Å². The first kappa shape index (κ1) is 19.8. The fraction of sp³-hybridized carbons (Fsp3) is 0.500. The molecule has 20 heavy (non-hydrogen) atoms. The summed E-state index contributed by atoms with van der Waals surface area (Å²) in [6.45, 7) is 0. The lowest BCUT2D eigenvalue weighted by Gasteiger charge is -2.16. The molecule has 0 unspecified atom stereocenters. The van der Waals surface area contributed by atoms with Crippen molar-refractivity contribution in [1.82, 2.24) is 15.0 Å². The lowest BCUT2D eigenvalue weighted by Crippen LogP contribution is -2.17. The van der Waals surface area contributed by atoms with Gasteiger partial charge in [0.25, 0.3) is 3.12 Å². The Bertz CT molecular complexity index is 447. The quantitative estimate of drug-likeness (QED) is 0.421. The number of nitrogens with zero attached hydrogens (tertiary/aromatic N) is 3. The topological polar surface area (TPSA) is 50.7 Å². The highest BCUT2D eigenvalue weighted by atomic mass is 35.6. The van der Waals surface area contributed by atoms with Gasteiger partial charge in [0, 0.05) is 11.9 Å². The van der Waals surface area contributed by atoms with Crippen LogP contribution in [0.3, 0.4) is 0 Å². The summed E-state index contributed by atoms with van der Waals surface area (Å²) in [5.74, 6) is -0.628. The van der Waals surface area contributed by atoms with Gasteiger partial charge in [-0.1, -0.05) is 104 Å². The molecule has 114 valence electrons. The van der Waals surface area contributed by atoms with Gasteiger partial charge in [0.15, 0.2) is 11.6 Å². The van der Waals surface area contributed by atoms with Crippen LogP contribution in [0, 0.1) is 0 Å². The number of halogens is 9. The van der Waals surface area contributed by atoms with Crippen LogP contribution in [-0.2, 0) is 7.59 Å². The standard InChI is InChI=1S/C6HCl9N4S/c7-4(8,9)1-16-2(5(10,11)12)18-3(17-1)19-20-6(13,14)15/h(H,16,17,18,19). The van der Waals surface area contributed by atoms with Crippen molar-refractivity contribution in [1.29, 1.82) is 0 Å². The molecule has 0 aliphatic rings. The molecule has 14 heteroatoms. The molecule has 0 amide bonds. The molecule has 1 rings (SSSR count). The molecule has 4 nitrogen and oxygen atoms in total. The van der Waals surface area contributed by atoms with Gasteiger partial charge < -0.3 is 0 Å². The van der Waals surface area contributed by atoms with E-state index in [9.17, 15) is 0 Å². The predicted molar refractivity (Wildman–Crippen MR) is 89.8 cm³/mol. The van der Waals surface area contributed by atoms with Gasteiger partial charge in [-0.3, -0.25) is 4.72 Å². The Morgan fingerprint density at radius 2 is 1.10 bits per heavy atom. The van der Waals surface area contributed by atoms with Crippen molar-refractivity contribution < 1.29 is 0 Å². The van der Waals surface area contributed by atoms with E-state index in [1.54, 1.807) is 0 Å². The Morgan fingerprint density at radius 3 is 1.40 bits per heavy atom. The Kier molecular flexibility index (Phi) is 7.05. The van der Waals surface area contributed by atoms with E-state index in [0.29, 0.717) is 11.9 Å². The van der Waals surface area contributed by atoms with Crippen molar-refractivity contribution in [2.75, 3.05) is 4.72 Å². The van der Waals surface area contributed by atoms with Crippen molar-refractivity contribution >= 4 is 122 Å². The largest absolute Gasteiger partial charge is 0.295 e. The third-order valence-corrected chi connectivity index (χ3v) is 3.63. The SMILES string of the molecule is ClC(Cl)(Cl)SNc1nc(C(Cl)(Cl)Cl)nc(C(Cl)(Cl)Cl)n1. The van der Waals surface area contributed by atoms with E-state index in [4.69, 9.17) is 104 Å². The number of alkyl halides is 9. The monoisotopic (exact) mass is 476 g/mol. The summed E-state index contributed by atoms with van der Waals surface area (Å²) in [4.78, 5) is 11.4. The molecule has 0 atom stereocenters. The smallest absolute Gasteiger partial charge is 0.256 e. The van der Waals surface area contributed by atoms with E-state index < -0.39 is 10.7 Å². The molecule has 0 saturated carbocycles. The molecule has 0 aliphatic carbocycles. The summed E-state index contributed by atoms with van der Waals surface area (Å²) in [5.41, 5.74) is 0. The Morgan fingerprint density at radius 1 is 0.700 bits per heavy atom. The third kappa shape index (κ3) is 6.90. The zero-order valence-corrected chi connectivity index (χ0v) is 16.3. The van der Waals surface area contributed by atoms with E-state index in [0.717, 1.165) is 0 Å². The van der Waals surface area contributed by atoms with Crippen LogP contribution in [0.2, 0.25) is 0 Å². The molecule has 1 N–H and O–H groups in total. The second kappa shape index (κ2) is 7.12. The van der Waals surface area contributed by atoms with Crippen LogP contribution in [0.15, 0.2) is 0 Å². The first-order valence-electron chi connectivity index (χ1n) is 4.20. The van der Waals surface area contributed by atoms with Crippen LogP contribution in [0.5, 0.6) is 0 Å². The molecule has 0 aliphatic heterocycles. The minimum atomic E-state index is -1.95. The average molecular weight is 480 g/mol. The first-order valence-corrected chi connectivity index (χ1v) is 8.42. The van der Waals surface area contributed by atoms with Gasteiger partial charge in [-0.15, -0.1) is 0 Å². The predicted octanol–water partition coefficient (Wildman–Crippen LogP) is 5.91. The highest BCUT2D eigenvalue weighted by Gasteiger charge is 2.34. The van der Waals surface area contributed by atoms with Crippen molar-refractivity contribution in [2.24, 2.45) is 0 Å². The second-order valence-electron chi connectivity index (χ2n) is 2.95. The minimum Gasteiger partial charge on any atom is -0.295 e. The van der Waals surface area contributed by atoms with Crippen LogP contribution < -0.4 is 4.72 Å². The first-order chi connectivity index (χ1) is 8.79. The number of nitrogens with one attached hydrogen (secondary N) is 1. The third-order valence-electron chi connectivity index (χ3n) is 1.40. The maximum atomic E-state index is 5.68. The fourth-order valence-corrected chi connectivity index (χ4v) is 1.93. The van der Waals surface area contributed by atoms with Gasteiger partial charge >= 0.3 is 0 Å². The number of hydrogen-bond acceptors (Lipinski definition) is 5. The Labute approximate surface area is 163 Å². The van der Waals surface area contributed by atoms with Crippen molar-refractivity contribution in [2.45, 2.75) is 10.7 Å². The summed E-state index contributed by atoms with van der Waals surface area (Å²) in [5, 5.41) is 0. The molecule has 1 aromatic heterocycles. The number of anilines is 1. The lowest BCUT2D eigenvalue weighted by atomic mass is 10.6. The molecular weight excluding hydrogens is 479 g/mol. The highest BCUT2D eigenvalue weighted by Crippen LogP contribution is 2.42. The molecular formula is C6HCl9N4S. The van der Waals surface area contributed by atoms with Gasteiger partial charge in [-0.25, -0.2) is 4.98 Å². The van der Waals surface area contributed by atoms with Gasteiger partial charge in [0.1, 0.15) is 0 Å². The molecule has 0 aromatic carbocycles. The fourth-order valence-electron chi connectivity index (χ4n) is 0.779. The normalized spacial score (nSPS) is 13.4. The van der Waals surface area contributed by atoms with E-state index in [1.165, 1.54) is 0 Å². The van der Waals surface area contributed by atoms with E-state index in [-0.39, 0.29) is 17.6 Å². The zero-order chi connectivity index (χ0) is 15.8. The highest BCUT2D eigenvalue weighted by molar-refractivity contribution is 8.05. The molecule has 1 heterocycles. The summed E-state index contributed by atoms with van der Waals surface area (Å²) < 4.78 is -3.06. The molecule has 0 spiro atoms. The Balaban J connectivity index is 3.18. The molecule has 0 bridgehead atoms. The van der Waals surface area contributed by atoms with Crippen LogP contribution in [0.25, 0.3) is 0 Å². The second-order valence-corrected chi connectivity index (χ2v) is 11.5. The Hall–Kier alpha value is 1.77. The summed E-state index contributed by atoms with van der Waals surface area (Å²) in [6.07, 6.45) is 0. The van der Waals surface area contributed by atoms with Crippen molar-refractivity contribution in [3.05, 3.63) is 11.6 Å². The van der Waals surface area contributed by atoms with Gasteiger partial charge in [-0.05, 0) is 0 Å². The summed E-state index contributed by atoms with van der Waals surface area (Å²) in [6, 6.07) is 0. The number of rotatable bonds is 2. The lowest BCUT2D eigenvalue weighted by molar-refractivity contribution is 0.854. The molecule has 0 fully saturated rings. The maximum absolute atomic E-state index is 5.68. The maximum Gasteiger partial charge on any atom is 0.256 e. The number of aromatic nitrogens is 3. The van der Waals surface area contributed by atoms with Gasteiger partial charge in [0.2, 0.25) is 13.5 Å². The summed E-state index contributed by atoms with van der Waals surface area (Å²) in [7, 11) is 0. The summed E-state index contributed by atoms with van der Waals surface area (Å²) >= 11 is 51.4. The van der Waals surface area contributed by atoms with Gasteiger partial charge in [0.05, 0.1) is 0 Å². The van der Waals surface area contributed by atoms with Crippen molar-refractivity contribution in [3.8, 4) is 0 Å². The number of hydrogen-bond donors (Lipinski definition) is 1. The van der Waals surface area contributed by atoms with Crippen LogP contribution in [0.4, 0.5) is 5.95 Å². The average Bonchev–Trinajstić information content (AvgIpc) is 2.22. The van der Waals surface area contributed by atoms with Crippen LogP contribution in [-0.4, -0.2) is 18.1 Å². The molecule has 0 saturated heterocycles. The molecule has 0 radical (unpaired) electrons. The van der Waals surface area contributed by atoms with Crippen molar-refractivity contribution in [3.63, 3.8) is 0 Å². The zero-order valence-electron chi connectivity index (χ0n) is 8.65. The van der Waals surface area contributed by atoms with Crippen LogP contribution in [0.1, 0.15) is 11.6 Å². The van der Waals surface area contributed by atoms with E-state index in [2.05, 4.69) is 19.7 Å². The van der Waals surface area contributed by atoms with Gasteiger partial charge in [-0.2, -0.15) is 9.97 Å². The minimum absolute atomic E-state index is 0.112.